The molecule has 0 saturated heterocycles. The fourth-order valence-electron chi connectivity index (χ4n) is 1.50. The molecular weight excluding hydrogens is 292 g/mol. The summed E-state index contributed by atoms with van der Waals surface area (Å²) in [4.78, 5) is 28.7. The summed E-state index contributed by atoms with van der Waals surface area (Å²) < 4.78 is 1.65. The largest absolute Gasteiger partial charge is 0.405 e. The highest BCUT2D eigenvalue weighted by molar-refractivity contribution is 6.32. The molecule has 2 N–H and O–H groups in total. The third-order valence-corrected chi connectivity index (χ3v) is 2.78. The van der Waals surface area contributed by atoms with Gasteiger partial charge in [-0.15, -0.1) is 0 Å². The van der Waals surface area contributed by atoms with Gasteiger partial charge in [-0.2, -0.15) is 0 Å². The molecule has 7 heteroatoms. The van der Waals surface area contributed by atoms with Crippen molar-refractivity contribution in [1.82, 2.24) is 9.97 Å². The Bertz CT molecular complexity index is 738. The summed E-state index contributed by atoms with van der Waals surface area (Å²) in [5.41, 5.74) is -0.447. The summed E-state index contributed by atoms with van der Waals surface area (Å²) >= 11 is 5.91. The van der Waals surface area contributed by atoms with Crippen LogP contribution in [0.25, 0.3) is 5.95 Å². The minimum Gasteiger partial charge on any atom is -0.331 e. The Morgan fingerprint density at radius 1 is 1.19 bits per heavy atom. The van der Waals surface area contributed by atoms with Crippen LogP contribution in [0.2, 0.25) is 5.02 Å². The summed E-state index contributed by atoms with van der Waals surface area (Å²) in [6, 6.07) is 5.48. The number of halogens is 1. The highest BCUT2D eigenvalue weighted by Crippen LogP contribution is 2.13. The first kappa shape index (κ1) is 14.7. The lowest BCUT2D eigenvalue weighted by atomic mass is 10.5. The van der Waals surface area contributed by atoms with Crippen LogP contribution >= 0.6 is 11.6 Å². The number of H-pyrrole nitrogens is 1. The Balaban J connectivity index is 2.31. The molecular formula is C14H12ClN4O2+. The van der Waals surface area contributed by atoms with E-state index < -0.39 is 5.56 Å². The van der Waals surface area contributed by atoms with Crippen molar-refractivity contribution in [2.24, 2.45) is 0 Å². The summed E-state index contributed by atoms with van der Waals surface area (Å²) in [6.07, 6.45) is 10.1. The van der Waals surface area contributed by atoms with Crippen LogP contribution in [-0.2, 0) is 4.79 Å². The molecule has 0 aliphatic rings. The molecule has 2 heterocycles. The third-order valence-electron chi connectivity index (χ3n) is 2.43. The van der Waals surface area contributed by atoms with E-state index in [0.29, 0.717) is 12.2 Å². The van der Waals surface area contributed by atoms with Crippen molar-refractivity contribution >= 4 is 23.7 Å². The highest BCUT2D eigenvalue weighted by atomic mass is 35.5. The minimum atomic E-state index is -0.447. The maximum absolute atomic E-state index is 11.8. The van der Waals surface area contributed by atoms with Crippen molar-refractivity contribution in [3.05, 3.63) is 70.4 Å². The van der Waals surface area contributed by atoms with Crippen LogP contribution in [0.1, 0.15) is 0 Å². The van der Waals surface area contributed by atoms with Crippen molar-refractivity contribution in [3.8, 4) is 5.95 Å². The number of rotatable bonds is 5. The lowest BCUT2D eigenvalue weighted by Crippen LogP contribution is -2.34. The number of aromatic amines is 1. The van der Waals surface area contributed by atoms with E-state index in [-0.39, 0.29) is 10.8 Å². The molecule has 2 rings (SSSR count). The number of aldehydes is 1. The Kier molecular flexibility index (Phi) is 5.00. The topological polar surface area (TPSA) is 78.7 Å². The molecule has 106 valence electrons. The maximum atomic E-state index is 11.8. The Morgan fingerprint density at radius 2 is 1.95 bits per heavy atom. The van der Waals surface area contributed by atoms with Gasteiger partial charge in [0.2, 0.25) is 5.82 Å². The van der Waals surface area contributed by atoms with E-state index in [9.17, 15) is 9.59 Å². The van der Waals surface area contributed by atoms with Crippen LogP contribution in [0, 0.1) is 0 Å². The van der Waals surface area contributed by atoms with Crippen LogP contribution in [-0.4, -0.2) is 16.3 Å². The van der Waals surface area contributed by atoms with Crippen LogP contribution < -0.4 is 15.4 Å². The number of hydrogen-bond donors (Lipinski definition) is 2. The van der Waals surface area contributed by atoms with Gasteiger partial charge < -0.3 is 5.32 Å². The normalized spacial score (nSPS) is 11.1. The Hall–Kier alpha value is -2.73. The highest BCUT2D eigenvalue weighted by Gasteiger charge is 2.16. The smallest absolute Gasteiger partial charge is 0.331 e. The maximum Gasteiger partial charge on any atom is 0.405 e. The molecule has 0 atom stereocenters. The molecule has 0 aliphatic carbocycles. The van der Waals surface area contributed by atoms with Crippen molar-refractivity contribution in [2.45, 2.75) is 0 Å². The fraction of sp³-hybridized carbons (Fsp3) is 0. The summed E-state index contributed by atoms with van der Waals surface area (Å²) in [5.74, 6) is 0.562. The Morgan fingerprint density at radius 3 is 2.67 bits per heavy atom. The van der Waals surface area contributed by atoms with Crippen LogP contribution in [0.3, 0.4) is 0 Å². The zero-order chi connectivity index (χ0) is 15.1. The second kappa shape index (κ2) is 7.16. The molecule has 0 unspecified atom stereocenters. The Labute approximate surface area is 125 Å². The van der Waals surface area contributed by atoms with Gasteiger partial charge in [0.15, 0.2) is 5.02 Å². The lowest BCUT2D eigenvalue weighted by Gasteiger charge is -2.00. The molecule has 6 nitrogen and oxygen atoms in total. The number of carbonyl (C=O) groups is 1. The second-order valence-corrected chi connectivity index (χ2v) is 4.24. The van der Waals surface area contributed by atoms with E-state index in [0.717, 1.165) is 0 Å². The number of pyridine rings is 1. The number of carbonyl (C=O) groups excluding carboxylic acids is 1. The van der Waals surface area contributed by atoms with E-state index in [2.05, 4.69) is 15.3 Å². The third kappa shape index (κ3) is 3.87. The molecule has 2 aromatic heterocycles. The standard InChI is InChI=1S/C14H11ClN4O2/c15-11-12(16-7-3-1-6-10-20)17-14(18-13(11)21)19-8-4-2-5-9-19/h1-10H,(H-,16,17,18,20,21)/p+1. The van der Waals surface area contributed by atoms with Gasteiger partial charge in [0.1, 0.15) is 6.29 Å². The number of hydrogen-bond acceptors (Lipinski definition) is 4. The van der Waals surface area contributed by atoms with Crippen molar-refractivity contribution in [2.75, 3.05) is 5.32 Å². The summed E-state index contributed by atoms with van der Waals surface area (Å²) in [7, 11) is 0. The molecule has 0 spiro atoms. The van der Waals surface area contributed by atoms with Crippen molar-refractivity contribution in [3.63, 3.8) is 0 Å². The predicted molar refractivity (Wildman–Crippen MR) is 79.4 cm³/mol. The SMILES string of the molecule is O=CC=CC=CNc1nc(-[n+]2ccccc2)[nH]c(=O)c1Cl. The van der Waals surface area contributed by atoms with E-state index in [1.54, 1.807) is 23.0 Å². The molecule has 21 heavy (non-hydrogen) atoms. The first-order valence-electron chi connectivity index (χ1n) is 6.02. The van der Waals surface area contributed by atoms with Gasteiger partial charge in [-0.05, 0) is 24.3 Å². The number of nitrogens with zero attached hydrogens (tertiary/aromatic N) is 2. The molecule has 2 aromatic rings. The number of anilines is 1. The average Bonchev–Trinajstić information content (AvgIpc) is 2.51. The molecule has 0 saturated carbocycles. The number of allylic oxidation sites excluding steroid dienone is 3. The van der Waals surface area contributed by atoms with Crippen LogP contribution in [0.15, 0.2) is 59.8 Å². The van der Waals surface area contributed by atoms with E-state index in [1.807, 2.05) is 18.2 Å². The van der Waals surface area contributed by atoms with Gasteiger partial charge in [0.05, 0.1) is 12.4 Å². The van der Waals surface area contributed by atoms with Crippen LogP contribution in [0.5, 0.6) is 0 Å². The lowest BCUT2D eigenvalue weighted by molar-refractivity contribution is -0.603. The van der Waals surface area contributed by atoms with Crippen molar-refractivity contribution < 1.29 is 9.36 Å². The molecule has 0 bridgehead atoms. The zero-order valence-electron chi connectivity index (χ0n) is 10.9. The molecule has 0 radical (unpaired) electrons. The van der Waals surface area contributed by atoms with Gasteiger partial charge in [-0.1, -0.05) is 28.7 Å². The van der Waals surface area contributed by atoms with Gasteiger partial charge in [0, 0.05) is 6.20 Å². The molecule has 0 amide bonds. The zero-order valence-corrected chi connectivity index (χ0v) is 11.6. The van der Waals surface area contributed by atoms with E-state index in [4.69, 9.17) is 11.6 Å². The van der Waals surface area contributed by atoms with E-state index >= 15 is 0 Å². The van der Waals surface area contributed by atoms with Gasteiger partial charge in [-0.3, -0.25) is 4.79 Å². The van der Waals surface area contributed by atoms with Crippen molar-refractivity contribution in [1.29, 1.82) is 0 Å². The number of nitrogens with one attached hydrogen (secondary N) is 2. The summed E-state index contributed by atoms with van der Waals surface area (Å²) in [6.45, 7) is 0. The first-order valence-corrected chi connectivity index (χ1v) is 6.40. The van der Waals surface area contributed by atoms with Gasteiger partial charge >= 0.3 is 11.5 Å². The first-order chi connectivity index (χ1) is 10.2. The van der Waals surface area contributed by atoms with E-state index in [1.165, 1.54) is 18.4 Å². The predicted octanol–water partition coefficient (Wildman–Crippen LogP) is 1.38. The quantitative estimate of drug-likeness (QED) is 0.378. The number of aromatic nitrogens is 3. The van der Waals surface area contributed by atoms with Crippen LogP contribution in [0.4, 0.5) is 5.82 Å². The molecule has 0 aromatic carbocycles. The van der Waals surface area contributed by atoms with Gasteiger partial charge in [0.25, 0.3) is 0 Å². The average molecular weight is 304 g/mol. The molecule has 0 fully saturated rings. The minimum absolute atomic E-state index is 0.0423. The molecule has 0 aliphatic heterocycles. The second-order valence-electron chi connectivity index (χ2n) is 3.86. The monoisotopic (exact) mass is 303 g/mol. The van der Waals surface area contributed by atoms with Gasteiger partial charge in [-0.25, -0.2) is 14.3 Å². The summed E-state index contributed by atoms with van der Waals surface area (Å²) in [5, 5.41) is 2.76. The fourth-order valence-corrected chi connectivity index (χ4v) is 1.64.